The number of carbonyl (C=O) groups excluding carboxylic acids is 1. The molecule has 26 heavy (non-hydrogen) atoms. The van der Waals surface area contributed by atoms with Crippen LogP contribution in [0.25, 0.3) is 0 Å². The van der Waals surface area contributed by atoms with Crippen LogP contribution in [0.1, 0.15) is 29.8 Å². The van der Waals surface area contributed by atoms with Crippen molar-refractivity contribution < 1.29 is 4.79 Å². The minimum Gasteiger partial charge on any atom is -0.331 e. The molecule has 0 saturated heterocycles. The van der Waals surface area contributed by atoms with Gasteiger partial charge < -0.3 is 9.88 Å². The molecule has 1 aliphatic rings. The van der Waals surface area contributed by atoms with Crippen molar-refractivity contribution in [2.45, 2.75) is 31.7 Å². The summed E-state index contributed by atoms with van der Waals surface area (Å²) in [5, 5.41) is 3.09. The first-order chi connectivity index (χ1) is 12.6. The maximum absolute atomic E-state index is 12.9. The molecule has 1 aliphatic carbocycles. The SMILES string of the molecule is Cc1nccn1Cc1ccc(NC(=O)C2(c3cccc(Br)c3)CC2)cc1. The van der Waals surface area contributed by atoms with E-state index in [1.165, 1.54) is 5.56 Å². The smallest absolute Gasteiger partial charge is 0.235 e. The molecule has 1 amide bonds. The molecule has 0 bridgehead atoms. The van der Waals surface area contributed by atoms with Gasteiger partial charge in [-0.3, -0.25) is 4.79 Å². The standard InChI is InChI=1S/C21H20BrN3O/c1-15-23-11-12-25(15)14-16-5-7-19(8-6-16)24-20(26)21(9-10-21)17-3-2-4-18(22)13-17/h2-8,11-13H,9-10,14H2,1H3,(H,24,26). The largest absolute Gasteiger partial charge is 0.331 e. The topological polar surface area (TPSA) is 46.9 Å². The fourth-order valence-corrected chi connectivity index (χ4v) is 3.67. The molecule has 1 N–H and O–H groups in total. The number of nitrogens with zero attached hydrogens (tertiary/aromatic N) is 2. The Kier molecular flexibility index (Phi) is 4.41. The lowest BCUT2D eigenvalue weighted by atomic mass is 9.95. The molecule has 0 aliphatic heterocycles. The third-order valence-electron chi connectivity index (χ3n) is 5.05. The normalized spacial score (nSPS) is 14.8. The molecule has 0 unspecified atom stereocenters. The summed E-state index contributed by atoms with van der Waals surface area (Å²) in [4.78, 5) is 17.1. The number of anilines is 1. The van der Waals surface area contributed by atoms with Gasteiger partial charge in [0, 0.05) is 29.1 Å². The van der Waals surface area contributed by atoms with E-state index in [9.17, 15) is 4.79 Å². The summed E-state index contributed by atoms with van der Waals surface area (Å²) >= 11 is 3.50. The Morgan fingerprint density at radius 2 is 2.00 bits per heavy atom. The van der Waals surface area contributed by atoms with Gasteiger partial charge in [-0.15, -0.1) is 0 Å². The van der Waals surface area contributed by atoms with Gasteiger partial charge in [0.2, 0.25) is 5.91 Å². The fraction of sp³-hybridized carbons (Fsp3) is 0.238. The zero-order chi connectivity index (χ0) is 18.1. The number of aromatic nitrogens is 2. The van der Waals surface area contributed by atoms with E-state index >= 15 is 0 Å². The summed E-state index contributed by atoms with van der Waals surface area (Å²) in [6.07, 6.45) is 5.57. The monoisotopic (exact) mass is 409 g/mol. The lowest BCUT2D eigenvalue weighted by molar-refractivity contribution is -0.118. The summed E-state index contributed by atoms with van der Waals surface area (Å²) in [7, 11) is 0. The Morgan fingerprint density at radius 3 is 2.62 bits per heavy atom. The van der Waals surface area contributed by atoms with Gasteiger partial charge in [-0.1, -0.05) is 40.2 Å². The van der Waals surface area contributed by atoms with Gasteiger partial charge in [-0.2, -0.15) is 0 Å². The number of amides is 1. The van der Waals surface area contributed by atoms with Crippen LogP contribution in [0.3, 0.4) is 0 Å². The number of rotatable bonds is 5. The average Bonchev–Trinajstić information content (AvgIpc) is 3.36. The molecule has 0 radical (unpaired) electrons. The number of aryl methyl sites for hydroxylation is 1. The van der Waals surface area contributed by atoms with Crippen molar-refractivity contribution in [3.63, 3.8) is 0 Å². The average molecular weight is 410 g/mol. The van der Waals surface area contributed by atoms with Gasteiger partial charge in [0.15, 0.2) is 0 Å². The Labute approximate surface area is 161 Å². The number of halogens is 1. The molecule has 0 spiro atoms. The van der Waals surface area contributed by atoms with E-state index in [0.29, 0.717) is 0 Å². The summed E-state index contributed by atoms with van der Waals surface area (Å²) < 4.78 is 3.10. The van der Waals surface area contributed by atoms with Gasteiger partial charge in [-0.05, 0) is 55.2 Å². The summed E-state index contributed by atoms with van der Waals surface area (Å²) in [6, 6.07) is 16.1. The Bertz CT molecular complexity index is 942. The third-order valence-corrected chi connectivity index (χ3v) is 5.54. The molecule has 1 aromatic heterocycles. The highest BCUT2D eigenvalue weighted by Gasteiger charge is 2.51. The van der Waals surface area contributed by atoms with E-state index in [-0.39, 0.29) is 11.3 Å². The summed E-state index contributed by atoms with van der Waals surface area (Å²) in [5.74, 6) is 1.07. The number of imidazole rings is 1. The maximum Gasteiger partial charge on any atom is 0.235 e. The first-order valence-corrected chi connectivity index (χ1v) is 9.50. The molecule has 132 valence electrons. The van der Waals surface area contributed by atoms with E-state index in [1.54, 1.807) is 6.20 Å². The predicted octanol–water partition coefficient (Wildman–Crippen LogP) is 4.67. The Balaban J connectivity index is 1.46. The van der Waals surface area contributed by atoms with Crippen molar-refractivity contribution >= 4 is 27.5 Å². The second kappa shape index (κ2) is 6.72. The number of carbonyl (C=O) groups is 1. The fourth-order valence-electron chi connectivity index (χ4n) is 3.27. The van der Waals surface area contributed by atoms with Gasteiger partial charge in [0.05, 0.1) is 5.41 Å². The number of hydrogen-bond donors (Lipinski definition) is 1. The van der Waals surface area contributed by atoms with Crippen molar-refractivity contribution in [3.05, 3.63) is 82.3 Å². The minimum atomic E-state index is -0.379. The van der Waals surface area contributed by atoms with Crippen molar-refractivity contribution in [2.75, 3.05) is 5.32 Å². The Hall–Kier alpha value is -2.40. The minimum absolute atomic E-state index is 0.0776. The molecule has 4 rings (SSSR count). The lowest BCUT2D eigenvalue weighted by Crippen LogP contribution is -2.27. The first-order valence-electron chi connectivity index (χ1n) is 8.71. The molecule has 3 aromatic rings. The van der Waals surface area contributed by atoms with Crippen LogP contribution < -0.4 is 5.32 Å². The maximum atomic E-state index is 12.9. The zero-order valence-electron chi connectivity index (χ0n) is 14.6. The molecule has 4 nitrogen and oxygen atoms in total. The summed E-state index contributed by atoms with van der Waals surface area (Å²) in [6.45, 7) is 2.77. The lowest BCUT2D eigenvalue weighted by Gasteiger charge is -2.16. The summed E-state index contributed by atoms with van der Waals surface area (Å²) in [5.41, 5.74) is 2.72. The quantitative estimate of drug-likeness (QED) is 0.665. The van der Waals surface area contributed by atoms with Crippen molar-refractivity contribution in [1.29, 1.82) is 0 Å². The van der Waals surface area contributed by atoms with Gasteiger partial charge in [-0.25, -0.2) is 4.98 Å². The van der Waals surface area contributed by atoms with Crippen LogP contribution in [0.5, 0.6) is 0 Å². The van der Waals surface area contributed by atoms with Crippen LogP contribution in [0, 0.1) is 6.92 Å². The molecular formula is C21H20BrN3O. The molecule has 1 heterocycles. The van der Waals surface area contributed by atoms with E-state index in [4.69, 9.17) is 0 Å². The number of nitrogens with one attached hydrogen (secondary N) is 1. The molecule has 1 saturated carbocycles. The van der Waals surface area contributed by atoms with Gasteiger partial charge in [0.1, 0.15) is 5.82 Å². The van der Waals surface area contributed by atoms with E-state index < -0.39 is 0 Å². The van der Waals surface area contributed by atoms with Crippen molar-refractivity contribution in [1.82, 2.24) is 9.55 Å². The van der Waals surface area contributed by atoms with Gasteiger partial charge >= 0.3 is 0 Å². The van der Waals surface area contributed by atoms with Gasteiger partial charge in [0.25, 0.3) is 0 Å². The van der Waals surface area contributed by atoms with Crippen LogP contribution in [0.2, 0.25) is 0 Å². The van der Waals surface area contributed by atoms with Crippen LogP contribution in [-0.4, -0.2) is 15.5 Å². The van der Waals surface area contributed by atoms with Crippen molar-refractivity contribution in [2.24, 2.45) is 0 Å². The molecule has 1 fully saturated rings. The van der Waals surface area contributed by atoms with Crippen LogP contribution >= 0.6 is 15.9 Å². The third kappa shape index (κ3) is 3.31. The molecular weight excluding hydrogens is 390 g/mol. The molecule has 2 aromatic carbocycles. The van der Waals surface area contributed by atoms with Crippen LogP contribution in [0.4, 0.5) is 5.69 Å². The number of benzene rings is 2. The first kappa shape index (κ1) is 17.0. The van der Waals surface area contributed by atoms with Crippen LogP contribution in [0.15, 0.2) is 65.4 Å². The Morgan fingerprint density at radius 1 is 1.23 bits per heavy atom. The zero-order valence-corrected chi connectivity index (χ0v) is 16.2. The van der Waals surface area contributed by atoms with E-state index in [1.807, 2.05) is 61.7 Å². The van der Waals surface area contributed by atoms with Crippen LogP contribution in [-0.2, 0) is 16.8 Å². The number of hydrogen-bond acceptors (Lipinski definition) is 2. The molecule has 5 heteroatoms. The van der Waals surface area contributed by atoms with E-state index in [2.05, 4.69) is 30.8 Å². The highest BCUT2D eigenvalue weighted by Crippen LogP contribution is 2.49. The highest BCUT2D eigenvalue weighted by atomic mass is 79.9. The van der Waals surface area contributed by atoms with Crippen molar-refractivity contribution in [3.8, 4) is 0 Å². The molecule has 0 atom stereocenters. The highest BCUT2D eigenvalue weighted by molar-refractivity contribution is 9.10. The second-order valence-corrected chi connectivity index (χ2v) is 7.76. The van der Waals surface area contributed by atoms with E-state index in [0.717, 1.165) is 40.9 Å². The second-order valence-electron chi connectivity index (χ2n) is 6.85. The predicted molar refractivity (Wildman–Crippen MR) is 106 cm³/mol.